The zero-order chi connectivity index (χ0) is 23.7. The van der Waals surface area contributed by atoms with Crippen molar-refractivity contribution >= 4 is 11.1 Å². The molecular formula is C28H28FNO4. The van der Waals surface area contributed by atoms with E-state index < -0.39 is 6.10 Å². The lowest BCUT2D eigenvalue weighted by Gasteiger charge is -2.37. The first-order chi connectivity index (χ1) is 16.5. The Morgan fingerprint density at radius 1 is 1.00 bits per heavy atom. The summed E-state index contributed by atoms with van der Waals surface area (Å²) in [6.45, 7) is 4.74. The summed E-state index contributed by atoms with van der Waals surface area (Å²) in [6.07, 6.45) is -0.413. The maximum atomic E-state index is 12.6. The van der Waals surface area contributed by atoms with Gasteiger partial charge in [0.25, 0.3) is 0 Å². The Labute approximate surface area is 198 Å². The molecule has 2 N–H and O–H groups in total. The molecule has 0 unspecified atom stereocenters. The van der Waals surface area contributed by atoms with Gasteiger partial charge in [0.2, 0.25) is 0 Å². The molecule has 0 bridgehead atoms. The van der Waals surface area contributed by atoms with Gasteiger partial charge < -0.3 is 19.7 Å². The molecule has 5 nitrogen and oxygen atoms in total. The minimum atomic E-state index is -0.413. The Hall–Kier alpha value is -3.51. The fourth-order valence-corrected chi connectivity index (χ4v) is 4.71. The number of phenolic OH excluding ortho intramolecular Hbond substituents is 2. The monoisotopic (exact) mass is 461 g/mol. The van der Waals surface area contributed by atoms with Gasteiger partial charge in [-0.05, 0) is 60.0 Å². The van der Waals surface area contributed by atoms with Crippen LogP contribution in [0, 0.1) is 5.92 Å². The molecule has 0 aliphatic carbocycles. The first-order valence-corrected chi connectivity index (χ1v) is 11.5. The molecule has 34 heavy (non-hydrogen) atoms. The Bertz CT molecular complexity index is 1200. The molecule has 3 aromatic carbocycles. The van der Waals surface area contributed by atoms with Gasteiger partial charge in [0, 0.05) is 42.8 Å². The molecule has 1 saturated heterocycles. The highest BCUT2D eigenvalue weighted by molar-refractivity contribution is 5.95. The van der Waals surface area contributed by atoms with Gasteiger partial charge in [0.15, 0.2) is 0 Å². The summed E-state index contributed by atoms with van der Waals surface area (Å²) >= 11 is 0. The Kier molecular flexibility index (Phi) is 6.16. The first-order valence-electron chi connectivity index (χ1n) is 11.5. The van der Waals surface area contributed by atoms with E-state index in [1.165, 1.54) is 0 Å². The number of likely N-dealkylation sites (tertiary alicyclic amines) is 1. The number of fused-ring (bicyclic) bond motifs is 1. The average Bonchev–Trinajstić information content (AvgIpc) is 2.80. The van der Waals surface area contributed by atoms with Crippen LogP contribution in [0.5, 0.6) is 23.0 Å². The van der Waals surface area contributed by atoms with Crippen LogP contribution in [0.1, 0.15) is 29.7 Å². The Balaban J connectivity index is 1.38. The summed E-state index contributed by atoms with van der Waals surface area (Å²) in [6, 6.07) is 20.1. The van der Waals surface area contributed by atoms with E-state index in [2.05, 4.69) is 4.90 Å². The van der Waals surface area contributed by atoms with E-state index >= 15 is 0 Å². The molecule has 3 aromatic rings. The predicted molar refractivity (Wildman–Crippen MR) is 130 cm³/mol. The fraction of sp³-hybridized carbons (Fsp3) is 0.286. The van der Waals surface area contributed by atoms with Crippen molar-refractivity contribution in [2.24, 2.45) is 5.92 Å². The van der Waals surface area contributed by atoms with E-state index in [0.717, 1.165) is 53.2 Å². The molecule has 5 rings (SSSR count). The standard InChI is InChI=1S/C28H28FNO4/c1-18-25-10-7-23(32)14-26(25)34-28(27(18)21-3-2-4-22(31)13-21)20-5-8-24(9-6-20)33-12-11-30-16-19(15-29)17-30/h2-10,13-14,19,28,31-32H,11-12,15-17H2,1H3/t28-/m1/s1. The second-order valence-electron chi connectivity index (χ2n) is 8.96. The number of rotatable bonds is 7. The van der Waals surface area contributed by atoms with E-state index in [1.54, 1.807) is 24.3 Å². The smallest absolute Gasteiger partial charge is 0.150 e. The largest absolute Gasteiger partial charge is 0.508 e. The highest BCUT2D eigenvalue weighted by Crippen LogP contribution is 2.47. The number of phenols is 2. The van der Waals surface area contributed by atoms with Crippen LogP contribution in [0.3, 0.4) is 0 Å². The van der Waals surface area contributed by atoms with Crippen LogP contribution in [0.25, 0.3) is 11.1 Å². The molecule has 2 aliphatic rings. The highest BCUT2D eigenvalue weighted by atomic mass is 19.1. The summed E-state index contributed by atoms with van der Waals surface area (Å²) in [5.41, 5.74) is 4.71. The van der Waals surface area contributed by atoms with E-state index in [9.17, 15) is 14.6 Å². The van der Waals surface area contributed by atoms with Crippen LogP contribution < -0.4 is 9.47 Å². The lowest BCUT2D eigenvalue weighted by Crippen LogP contribution is -2.49. The lowest BCUT2D eigenvalue weighted by molar-refractivity contribution is 0.0668. The molecule has 0 radical (unpaired) electrons. The fourth-order valence-electron chi connectivity index (χ4n) is 4.71. The van der Waals surface area contributed by atoms with Crippen LogP contribution in [0.4, 0.5) is 4.39 Å². The molecule has 0 spiro atoms. The Morgan fingerprint density at radius 3 is 2.50 bits per heavy atom. The van der Waals surface area contributed by atoms with E-state index in [-0.39, 0.29) is 24.1 Å². The number of nitrogens with zero attached hydrogens (tertiary/aromatic N) is 1. The van der Waals surface area contributed by atoms with E-state index in [4.69, 9.17) is 9.47 Å². The van der Waals surface area contributed by atoms with Crippen molar-refractivity contribution in [2.45, 2.75) is 13.0 Å². The van der Waals surface area contributed by atoms with Crippen LogP contribution in [-0.2, 0) is 0 Å². The van der Waals surface area contributed by atoms with Crippen LogP contribution in [-0.4, -0.2) is 48.0 Å². The SMILES string of the molecule is CC1=C(c2cccc(O)c2)[C@@H](c2ccc(OCCN3CC(CF)C3)cc2)Oc2cc(O)ccc21. The number of aromatic hydroxyl groups is 2. The Morgan fingerprint density at radius 2 is 1.76 bits per heavy atom. The van der Waals surface area contributed by atoms with Crippen LogP contribution in [0.2, 0.25) is 0 Å². The molecule has 0 aromatic heterocycles. The van der Waals surface area contributed by atoms with Crippen molar-refractivity contribution in [1.29, 1.82) is 0 Å². The van der Waals surface area contributed by atoms with Crippen molar-refractivity contribution in [1.82, 2.24) is 4.90 Å². The quantitative estimate of drug-likeness (QED) is 0.491. The number of halogens is 1. The lowest BCUT2D eigenvalue weighted by atomic mass is 9.86. The molecule has 0 amide bonds. The van der Waals surface area contributed by atoms with Crippen molar-refractivity contribution in [3.05, 3.63) is 83.4 Å². The van der Waals surface area contributed by atoms with Crippen molar-refractivity contribution in [2.75, 3.05) is 32.9 Å². The molecule has 1 atom stereocenters. The molecule has 0 saturated carbocycles. The summed E-state index contributed by atoms with van der Waals surface area (Å²) in [7, 11) is 0. The maximum absolute atomic E-state index is 12.6. The minimum absolute atomic E-state index is 0.148. The third-order valence-electron chi connectivity index (χ3n) is 6.55. The van der Waals surface area contributed by atoms with Crippen molar-refractivity contribution < 1.29 is 24.1 Å². The number of ether oxygens (including phenoxy) is 2. The van der Waals surface area contributed by atoms with E-state index in [0.29, 0.717) is 12.4 Å². The summed E-state index contributed by atoms with van der Waals surface area (Å²) in [5.74, 6) is 1.90. The molecular weight excluding hydrogens is 433 g/mol. The second-order valence-corrected chi connectivity index (χ2v) is 8.96. The third-order valence-corrected chi connectivity index (χ3v) is 6.55. The van der Waals surface area contributed by atoms with Gasteiger partial charge in [-0.25, -0.2) is 0 Å². The number of alkyl halides is 1. The van der Waals surface area contributed by atoms with Crippen LogP contribution in [0.15, 0.2) is 66.7 Å². The summed E-state index contributed by atoms with van der Waals surface area (Å²) in [5, 5.41) is 20.1. The maximum Gasteiger partial charge on any atom is 0.150 e. The van der Waals surface area contributed by atoms with Crippen molar-refractivity contribution in [3.63, 3.8) is 0 Å². The molecule has 2 heterocycles. The van der Waals surface area contributed by atoms with Gasteiger partial charge in [-0.2, -0.15) is 0 Å². The predicted octanol–water partition coefficient (Wildman–Crippen LogP) is 5.44. The summed E-state index contributed by atoms with van der Waals surface area (Å²) in [4.78, 5) is 2.19. The topological polar surface area (TPSA) is 62.2 Å². The van der Waals surface area contributed by atoms with E-state index in [1.807, 2.05) is 49.4 Å². The van der Waals surface area contributed by atoms with Gasteiger partial charge in [-0.3, -0.25) is 9.29 Å². The highest BCUT2D eigenvalue weighted by Gasteiger charge is 2.30. The van der Waals surface area contributed by atoms with Crippen molar-refractivity contribution in [3.8, 4) is 23.0 Å². The second kappa shape index (κ2) is 9.39. The average molecular weight is 462 g/mol. The molecule has 6 heteroatoms. The van der Waals surface area contributed by atoms with Gasteiger partial charge in [-0.1, -0.05) is 24.3 Å². The molecule has 176 valence electrons. The molecule has 1 fully saturated rings. The minimum Gasteiger partial charge on any atom is -0.508 e. The number of hydrogen-bond acceptors (Lipinski definition) is 5. The molecule has 2 aliphatic heterocycles. The van der Waals surface area contributed by atoms with Gasteiger partial charge >= 0.3 is 0 Å². The zero-order valence-corrected chi connectivity index (χ0v) is 19.1. The summed E-state index contributed by atoms with van der Waals surface area (Å²) < 4.78 is 24.9. The number of hydrogen-bond donors (Lipinski definition) is 2. The van der Waals surface area contributed by atoms with Gasteiger partial charge in [0.1, 0.15) is 35.7 Å². The zero-order valence-electron chi connectivity index (χ0n) is 19.1. The van der Waals surface area contributed by atoms with Crippen LogP contribution >= 0.6 is 0 Å². The van der Waals surface area contributed by atoms with Gasteiger partial charge in [-0.15, -0.1) is 0 Å². The first kappa shape index (κ1) is 22.3. The number of allylic oxidation sites excluding steroid dienone is 1. The normalized spacial score (nSPS) is 18.2. The van der Waals surface area contributed by atoms with Gasteiger partial charge in [0.05, 0.1) is 6.67 Å². The number of benzene rings is 3. The third kappa shape index (κ3) is 4.46.